The molecule has 9 nitrogen and oxygen atoms in total. The Morgan fingerprint density at radius 3 is 2.33 bits per heavy atom. The summed E-state index contributed by atoms with van der Waals surface area (Å²) in [5.74, 6) is -1.20. The van der Waals surface area contributed by atoms with Crippen LogP contribution in [0.15, 0.2) is 102 Å². The summed E-state index contributed by atoms with van der Waals surface area (Å²) in [6, 6.07) is 24.8. The number of ether oxygens (including phenoxy) is 1. The minimum Gasteiger partial charge on any atom is -0.497 e. The topological polar surface area (TPSA) is 109 Å². The van der Waals surface area contributed by atoms with Gasteiger partial charge in [0.05, 0.1) is 12.8 Å². The maximum Gasteiger partial charge on any atom is 0.376 e. The van der Waals surface area contributed by atoms with E-state index in [1.807, 2.05) is 30.3 Å². The average molecular weight is 485 g/mol. The van der Waals surface area contributed by atoms with Gasteiger partial charge in [0.15, 0.2) is 5.70 Å². The van der Waals surface area contributed by atoms with Gasteiger partial charge in [0.1, 0.15) is 11.5 Å². The quantitative estimate of drug-likeness (QED) is 0.374. The van der Waals surface area contributed by atoms with Crippen molar-refractivity contribution in [2.45, 2.75) is 6.42 Å². The molecule has 1 heterocycles. The van der Waals surface area contributed by atoms with E-state index < -0.39 is 17.8 Å². The number of carbonyl (C=O) groups excluding carboxylic acids is 3. The smallest absolute Gasteiger partial charge is 0.376 e. The van der Waals surface area contributed by atoms with Gasteiger partial charge in [-0.1, -0.05) is 54.1 Å². The number of benzene rings is 3. The molecule has 182 valence electrons. The van der Waals surface area contributed by atoms with Gasteiger partial charge in [-0.25, -0.2) is 14.8 Å². The summed E-state index contributed by atoms with van der Waals surface area (Å²) in [4.78, 5) is 47.3. The maximum absolute atomic E-state index is 13.1. The number of aliphatic imine (C=N–C) groups is 1. The molecular formula is C27H24N4O5. The number of hydrogen-bond acceptors (Lipinski definition) is 7. The van der Waals surface area contributed by atoms with E-state index in [9.17, 15) is 14.4 Å². The zero-order chi connectivity index (χ0) is 25.3. The van der Waals surface area contributed by atoms with Crippen molar-refractivity contribution in [2.75, 3.05) is 18.7 Å². The van der Waals surface area contributed by atoms with Crippen molar-refractivity contribution >= 4 is 29.2 Å². The van der Waals surface area contributed by atoms with Gasteiger partial charge in [-0.05, 0) is 48.4 Å². The van der Waals surface area contributed by atoms with Crippen LogP contribution < -0.4 is 20.7 Å². The molecule has 0 spiro atoms. The zero-order valence-corrected chi connectivity index (χ0v) is 19.5. The fraction of sp³-hybridized carbons (Fsp3) is 0.111. The average Bonchev–Trinajstić information content (AvgIpc) is 3.29. The molecule has 0 radical (unpaired) electrons. The van der Waals surface area contributed by atoms with Crippen molar-refractivity contribution in [3.63, 3.8) is 0 Å². The Labute approximate surface area is 208 Å². The van der Waals surface area contributed by atoms with Crippen LogP contribution in [0.2, 0.25) is 0 Å². The summed E-state index contributed by atoms with van der Waals surface area (Å²) >= 11 is 0. The SMILES string of the molecule is COc1ccc(CCNC(=O)C(/C=C2\C(=O)ONN2c2ccccc2)=NC(=O)c2ccccc2)cc1. The lowest BCUT2D eigenvalue weighted by atomic mass is 10.1. The first kappa shape index (κ1) is 24.4. The summed E-state index contributed by atoms with van der Waals surface area (Å²) in [5, 5.41) is 4.14. The standard InChI is InChI=1S/C27H24N4O5/c1-35-22-14-12-19(13-15-22)16-17-28-26(33)23(29-25(32)20-8-4-2-5-9-20)18-24-27(34)36-30-31(24)21-10-6-3-7-11-21/h2-15,18,30H,16-17H2,1H3,(H,28,33)/b24-18+,29-23?. The molecule has 0 aliphatic carbocycles. The number of anilines is 1. The molecule has 3 aromatic carbocycles. The summed E-state index contributed by atoms with van der Waals surface area (Å²) in [5.41, 5.74) is 4.19. The normalized spacial score (nSPS) is 14.5. The number of hydrazine groups is 1. The van der Waals surface area contributed by atoms with Crippen LogP contribution in [-0.2, 0) is 20.8 Å². The van der Waals surface area contributed by atoms with Crippen LogP contribution in [-0.4, -0.2) is 37.1 Å². The molecule has 9 heteroatoms. The molecule has 0 unspecified atom stereocenters. The van der Waals surface area contributed by atoms with Gasteiger partial charge in [-0.15, -0.1) is 0 Å². The van der Waals surface area contributed by atoms with E-state index in [4.69, 9.17) is 9.57 Å². The number of nitrogens with one attached hydrogen (secondary N) is 2. The van der Waals surface area contributed by atoms with E-state index in [2.05, 4.69) is 15.9 Å². The number of amides is 2. The molecule has 0 saturated carbocycles. The summed E-state index contributed by atoms with van der Waals surface area (Å²) in [6.45, 7) is 0.290. The molecule has 1 fully saturated rings. The molecule has 1 aliphatic heterocycles. The van der Waals surface area contributed by atoms with Gasteiger partial charge in [-0.2, -0.15) is 0 Å². The third kappa shape index (κ3) is 6.02. The second kappa shape index (κ2) is 11.6. The molecule has 2 N–H and O–H groups in total. The Hall–Kier alpha value is -4.76. The number of para-hydroxylation sites is 1. The lowest BCUT2D eigenvalue weighted by molar-refractivity contribution is -0.140. The summed E-state index contributed by atoms with van der Waals surface area (Å²) in [6.07, 6.45) is 1.78. The van der Waals surface area contributed by atoms with Crippen LogP contribution in [0.25, 0.3) is 0 Å². The first-order valence-electron chi connectivity index (χ1n) is 11.2. The highest BCUT2D eigenvalue weighted by atomic mass is 16.7. The van der Waals surface area contributed by atoms with Gasteiger partial charge in [0.25, 0.3) is 11.8 Å². The highest BCUT2D eigenvalue weighted by Crippen LogP contribution is 2.21. The molecule has 0 aromatic heterocycles. The van der Waals surface area contributed by atoms with E-state index in [0.717, 1.165) is 11.3 Å². The predicted molar refractivity (Wildman–Crippen MR) is 134 cm³/mol. The van der Waals surface area contributed by atoms with Crippen molar-refractivity contribution < 1.29 is 24.0 Å². The number of hydrogen-bond donors (Lipinski definition) is 2. The Morgan fingerprint density at radius 1 is 1.00 bits per heavy atom. The van der Waals surface area contributed by atoms with E-state index in [-0.39, 0.29) is 18.0 Å². The summed E-state index contributed by atoms with van der Waals surface area (Å²) < 4.78 is 5.16. The van der Waals surface area contributed by atoms with Gasteiger partial charge in [-0.3, -0.25) is 9.59 Å². The number of methoxy groups -OCH3 is 1. The first-order valence-corrected chi connectivity index (χ1v) is 11.2. The maximum atomic E-state index is 13.1. The van der Waals surface area contributed by atoms with Crippen LogP contribution in [0.3, 0.4) is 0 Å². The third-order valence-electron chi connectivity index (χ3n) is 5.30. The van der Waals surface area contributed by atoms with E-state index >= 15 is 0 Å². The minimum atomic E-state index is -0.718. The van der Waals surface area contributed by atoms with Crippen molar-refractivity contribution in [3.8, 4) is 5.75 Å². The highest BCUT2D eigenvalue weighted by Gasteiger charge is 2.30. The number of carbonyl (C=O) groups is 3. The Balaban J connectivity index is 1.58. The van der Waals surface area contributed by atoms with E-state index in [0.29, 0.717) is 17.7 Å². The lowest BCUT2D eigenvalue weighted by Crippen LogP contribution is -2.34. The van der Waals surface area contributed by atoms with Crippen LogP contribution in [0, 0.1) is 0 Å². The second-order valence-corrected chi connectivity index (χ2v) is 7.70. The zero-order valence-electron chi connectivity index (χ0n) is 19.5. The highest BCUT2D eigenvalue weighted by molar-refractivity contribution is 6.45. The van der Waals surface area contributed by atoms with Gasteiger partial charge in [0, 0.05) is 18.2 Å². The predicted octanol–water partition coefficient (Wildman–Crippen LogP) is 3.00. The van der Waals surface area contributed by atoms with Crippen LogP contribution >= 0.6 is 0 Å². The molecule has 36 heavy (non-hydrogen) atoms. The van der Waals surface area contributed by atoms with Crippen molar-refractivity contribution in [2.24, 2.45) is 4.99 Å². The molecule has 4 rings (SSSR count). The molecule has 0 bridgehead atoms. The molecular weight excluding hydrogens is 460 g/mol. The summed E-state index contributed by atoms with van der Waals surface area (Å²) in [7, 11) is 1.59. The van der Waals surface area contributed by atoms with Gasteiger partial charge >= 0.3 is 5.97 Å². The van der Waals surface area contributed by atoms with Crippen LogP contribution in [0.4, 0.5) is 5.69 Å². The lowest BCUT2D eigenvalue weighted by Gasteiger charge is -2.15. The molecule has 0 atom stereocenters. The monoisotopic (exact) mass is 484 g/mol. The third-order valence-corrected chi connectivity index (χ3v) is 5.30. The van der Waals surface area contributed by atoms with Crippen molar-refractivity contribution in [1.82, 2.24) is 10.9 Å². The van der Waals surface area contributed by atoms with E-state index in [1.54, 1.807) is 61.7 Å². The van der Waals surface area contributed by atoms with Crippen LogP contribution in [0.5, 0.6) is 5.75 Å². The van der Waals surface area contributed by atoms with Crippen molar-refractivity contribution in [3.05, 3.63) is 108 Å². The Bertz CT molecular complexity index is 1290. The van der Waals surface area contributed by atoms with Crippen molar-refractivity contribution in [1.29, 1.82) is 0 Å². The molecule has 3 aromatic rings. The number of rotatable bonds is 8. The Kier molecular flexibility index (Phi) is 7.84. The minimum absolute atomic E-state index is 0.00566. The van der Waals surface area contributed by atoms with Gasteiger partial charge < -0.3 is 14.9 Å². The fourth-order valence-electron chi connectivity index (χ4n) is 3.41. The van der Waals surface area contributed by atoms with Gasteiger partial charge in [0.2, 0.25) is 0 Å². The molecule has 1 saturated heterocycles. The largest absolute Gasteiger partial charge is 0.497 e. The Morgan fingerprint density at radius 2 is 1.67 bits per heavy atom. The molecule has 1 aliphatic rings. The fourth-order valence-corrected chi connectivity index (χ4v) is 3.41. The number of nitrogens with zero attached hydrogens (tertiary/aromatic N) is 2. The first-order chi connectivity index (χ1) is 17.5. The second-order valence-electron chi connectivity index (χ2n) is 7.70. The van der Waals surface area contributed by atoms with Crippen LogP contribution in [0.1, 0.15) is 15.9 Å². The molecule has 2 amide bonds. The van der Waals surface area contributed by atoms with E-state index in [1.165, 1.54) is 11.1 Å².